The fraction of sp³-hybridized carbons (Fsp3) is 0. The molecule has 0 nitrogen and oxygen atoms in total. The van der Waals surface area contributed by atoms with Gasteiger partial charge in [-0.25, -0.2) is 0 Å². The van der Waals surface area contributed by atoms with Crippen molar-refractivity contribution in [2.75, 3.05) is 0 Å². The van der Waals surface area contributed by atoms with E-state index < -0.39 is 10.0 Å². The van der Waals surface area contributed by atoms with E-state index >= 15 is 0 Å². The van der Waals surface area contributed by atoms with E-state index in [2.05, 4.69) is 147 Å². The summed E-state index contributed by atoms with van der Waals surface area (Å²) in [5, 5.41) is 0. The van der Waals surface area contributed by atoms with Crippen LogP contribution in [0, 0.1) is 0 Å². The van der Waals surface area contributed by atoms with Gasteiger partial charge in [0.1, 0.15) is 0 Å². The molecule has 0 saturated heterocycles. The average molecular weight is 557 g/mol. The third-order valence-electron chi connectivity index (χ3n) is 6.83. The Morgan fingerprint density at radius 2 is 0.923 bits per heavy atom. The van der Waals surface area contributed by atoms with Crippen molar-refractivity contribution in [3.05, 3.63) is 169 Å². The first-order valence-corrected chi connectivity index (χ1v) is 16.1. The van der Waals surface area contributed by atoms with Crippen molar-refractivity contribution in [3.8, 4) is 11.1 Å². The SMILES string of the molecule is C=CC1=C(C=C)Sc2c(cccc2-c2ccc(S(c3ccccc3)(c3ccccc3)c3ccccc3)cc2)S1. The summed E-state index contributed by atoms with van der Waals surface area (Å²) in [4.78, 5) is 10.2. The maximum atomic E-state index is 4.05. The molecule has 0 amide bonds. The molecule has 0 unspecified atom stereocenters. The van der Waals surface area contributed by atoms with Gasteiger partial charge in [-0.05, 0) is 65.7 Å². The molecule has 1 heterocycles. The summed E-state index contributed by atoms with van der Waals surface area (Å²) in [6, 6.07) is 48.8. The van der Waals surface area contributed by atoms with Crippen LogP contribution in [0.15, 0.2) is 198 Å². The standard InChI is InChI=1S/C36H28S3/c1-3-33-34(4-2)38-36-32(21-14-22-35(36)37-33)27-23-25-31(26-24-27)39(28-15-8-5-9-16-28,29-17-10-6-11-18-29)30-19-12-7-13-20-30/h3-26H,1-2H2. The van der Waals surface area contributed by atoms with E-state index in [-0.39, 0.29) is 0 Å². The highest BCUT2D eigenvalue weighted by molar-refractivity contribution is 8.34. The molecule has 6 rings (SSSR count). The van der Waals surface area contributed by atoms with Gasteiger partial charge < -0.3 is 0 Å². The van der Waals surface area contributed by atoms with Crippen LogP contribution in [0.2, 0.25) is 0 Å². The molecule has 3 heteroatoms. The second kappa shape index (κ2) is 11.2. The minimum absolute atomic E-state index is 1.16. The van der Waals surface area contributed by atoms with Gasteiger partial charge in [-0.1, -0.05) is 128 Å². The van der Waals surface area contributed by atoms with Gasteiger partial charge in [-0.2, -0.15) is 0 Å². The zero-order valence-corrected chi connectivity index (χ0v) is 23.9. The Hall–Kier alpha value is -3.63. The van der Waals surface area contributed by atoms with E-state index in [1.165, 1.54) is 40.5 Å². The zero-order chi connectivity index (χ0) is 26.7. The van der Waals surface area contributed by atoms with E-state index in [4.69, 9.17) is 0 Å². The molecular weight excluding hydrogens is 529 g/mol. The fourth-order valence-electron chi connectivity index (χ4n) is 5.07. The van der Waals surface area contributed by atoms with Crippen LogP contribution in [0.1, 0.15) is 0 Å². The van der Waals surface area contributed by atoms with Crippen LogP contribution < -0.4 is 0 Å². The first-order valence-electron chi connectivity index (χ1n) is 12.8. The lowest BCUT2D eigenvalue weighted by atomic mass is 10.1. The van der Waals surface area contributed by atoms with Gasteiger partial charge in [0.05, 0.1) is 0 Å². The van der Waals surface area contributed by atoms with Crippen molar-refractivity contribution < 1.29 is 0 Å². The number of rotatable bonds is 7. The van der Waals surface area contributed by atoms with Crippen LogP contribution in [-0.4, -0.2) is 0 Å². The number of benzene rings is 5. The Kier molecular flexibility index (Phi) is 7.38. The van der Waals surface area contributed by atoms with Crippen LogP contribution in [0.5, 0.6) is 0 Å². The van der Waals surface area contributed by atoms with Crippen molar-refractivity contribution in [3.63, 3.8) is 0 Å². The van der Waals surface area contributed by atoms with E-state index in [1.807, 2.05) is 12.2 Å². The largest absolute Gasteiger partial charge is 0.133 e. The molecule has 0 aromatic heterocycles. The molecule has 5 aromatic carbocycles. The van der Waals surface area contributed by atoms with Crippen LogP contribution in [0.4, 0.5) is 0 Å². The molecule has 39 heavy (non-hydrogen) atoms. The fourth-order valence-corrected chi connectivity index (χ4v) is 11.2. The van der Waals surface area contributed by atoms with Crippen molar-refractivity contribution in [2.24, 2.45) is 0 Å². The molecule has 1 aliphatic rings. The third-order valence-corrected chi connectivity index (χ3v) is 13.4. The lowest BCUT2D eigenvalue weighted by molar-refractivity contribution is 1.23. The quantitative estimate of drug-likeness (QED) is 0.195. The third kappa shape index (κ3) is 4.61. The summed E-state index contributed by atoms with van der Waals surface area (Å²) in [7, 11) is -1.69. The summed E-state index contributed by atoms with van der Waals surface area (Å²) in [5.41, 5.74) is 2.47. The molecule has 0 aliphatic carbocycles. The maximum absolute atomic E-state index is 4.05. The first kappa shape index (κ1) is 25.6. The van der Waals surface area contributed by atoms with Crippen molar-refractivity contribution in [1.82, 2.24) is 0 Å². The molecule has 190 valence electrons. The monoisotopic (exact) mass is 556 g/mol. The summed E-state index contributed by atoms with van der Waals surface area (Å²) in [6.45, 7) is 8.05. The van der Waals surface area contributed by atoms with Crippen LogP contribution in [0.25, 0.3) is 11.1 Å². The second-order valence-electron chi connectivity index (χ2n) is 9.05. The molecule has 0 spiro atoms. The predicted molar refractivity (Wildman–Crippen MR) is 171 cm³/mol. The molecule has 1 aliphatic heterocycles. The first-order chi connectivity index (χ1) is 19.3. The van der Waals surface area contributed by atoms with Crippen molar-refractivity contribution in [1.29, 1.82) is 0 Å². The molecule has 0 atom stereocenters. The summed E-state index contributed by atoms with van der Waals surface area (Å²) in [6.07, 6.45) is 3.87. The van der Waals surface area contributed by atoms with Gasteiger partial charge in [-0.3, -0.25) is 0 Å². The van der Waals surface area contributed by atoms with Crippen molar-refractivity contribution >= 4 is 33.6 Å². The van der Waals surface area contributed by atoms with Crippen LogP contribution >= 0.6 is 33.6 Å². The highest BCUT2D eigenvalue weighted by Gasteiger charge is 2.33. The van der Waals surface area contributed by atoms with E-state index in [0.717, 1.165) is 9.81 Å². The van der Waals surface area contributed by atoms with Gasteiger partial charge in [-0.15, -0.1) is 10.0 Å². The lowest BCUT2D eigenvalue weighted by Crippen LogP contribution is -2.05. The Bertz CT molecular complexity index is 1560. The Morgan fingerprint density at radius 1 is 0.462 bits per heavy atom. The number of allylic oxidation sites excluding steroid dienone is 2. The van der Waals surface area contributed by atoms with E-state index in [9.17, 15) is 0 Å². The van der Waals surface area contributed by atoms with Crippen molar-refractivity contribution in [2.45, 2.75) is 29.4 Å². The summed E-state index contributed by atoms with van der Waals surface area (Å²) >= 11 is 3.56. The Balaban J connectivity index is 1.53. The second-order valence-corrected chi connectivity index (χ2v) is 14.3. The van der Waals surface area contributed by atoms with Crippen LogP contribution in [0.3, 0.4) is 0 Å². The van der Waals surface area contributed by atoms with Gasteiger partial charge in [0.15, 0.2) is 0 Å². The normalized spacial score (nSPS) is 13.4. The molecule has 5 aromatic rings. The van der Waals surface area contributed by atoms with E-state index in [1.54, 1.807) is 23.5 Å². The topological polar surface area (TPSA) is 0 Å². The number of fused-ring (bicyclic) bond motifs is 1. The minimum atomic E-state index is -1.69. The van der Waals surface area contributed by atoms with Gasteiger partial charge in [0.2, 0.25) is 0 Å². The Labute approximate surface area is 241 Å². The lowest BCUT2D eigenvalue weighted by Gasteiger charge is -2.42. The zero-order valence-electron chi connectivity index (χ0n) is 21.5. The highest BCUT2D eigenvalue weighted by Crippen LogP contribution is 2.73. The predicted octanol–water partition coefficient (Wildman–Crippen LogP) is 11.5. The molecular formula is C36H28S3. The van der Waals surface area contributed by atoms with Gasteiger partial charge >= 0.3 is 0 Å². The van der Waals surface area contributed by atoms with Crippen LogP contribution in [-0.2, 0) is 0 Å². The molecule has 0 N–H and O–H groups in total. The average Bonchev–Trinajstić information content (AvgIpc) is 3.02. The Morgan fingerprint density at radius 3 is 1.41 bits per heavy atom. The molecule has 0 fully saturated rings. The minimum Gasteiger partial charge on any atom is -0.133 e. The molecule has 0 radical (unpaired) electrons. The highest BCUT2D eigenvalue weighted by atomic mass is 32.3. The number of hydrogen-bond donors (Lipinski definition) is 0. The summed E-state index contributed by atoms with van der Waals surface area (Å²) in [5.74, 6) is 0. The molecule has 0 bridgehead atoms. The number of hydrogen-bond acceptors (Lipinski definition) is 2. The molecule has 0 saturated carbocycles. The maximum Gasteiger partial charge on any atom is 0.0340 e. The van der Waals surface area contributed by atoms with E-state index in [0.29, 0.717) is 0 Å². The van der Waals surface area contributed by atoms with Gasteiger partial charge in [0.25, 0.3) is 0 Å². The van der Waals surface area contributed by atoms with Gasteiger partial charge in [0, 0.05) is 39.2 Å². The number of thioether (sulfide) groups is 2. The smallest absolute Gasteiger partial charge is 0.0340 e. The summed E-state index contributed by atoms with van der Waals surface area (Å²) < 4.78 is 0.